The summed E-state index contributed by atoms with van der Waals surface area (Å²) in [6.45, 7) is 4.23. The first-order chi connectivity index (χ1) is 7.21. The van der Waals surface area contributed by atoms with Gasteiger partial charge in [0.05, 0.1) is 6.61 Å². The molecule has 0 aliphatic heterocycles. The van der Waals surface area contributed by atoms with E-state index in [9.17, 15) is 0 Å². The van der Waals surface area contributed by atoms with E-state index in [4.69, 9.17) is 10.4 Å². The van der Waals surface area contributed by atoms with E-state index >= 15 is 0 Å². The molecule has 0 amide bonds. The number of rotatable bonds is 5. The van der Waals surface area contributed by atoms with Crippen molar-refractivity contribution in [3.63, 3.8) is 0 Å². The zero-order valence-electron chi connectivity index (χ0n) is 9.03. The highest BCUT2D eigenvalue weighted by atomic mass is 32.1. The Morgan fingerprint density at radius 3 is 2.80 bits per heavy atom. The summed E-state index contributed by atoms with van der Waals surface area (Å²) in [6.07, 6.45) is 0.900. The Morgan fingerprint density at radius 1 is 1.60 bits per heavy atom. The van der Waals surface area contributed by atoms with Crippen LogP contribution in [0.25, 0.3) is 0 Å². The van der Waals surface area contributed by atoms with Crippen molar-refractivity contribution in [3.8, 4) is 6.07 Å². The first-order valence-corrected chi connectivity index (χ1v) is 5.89. The summed E-state index contributed by atoms with van der Waals surface area (Å²) in [5.74, 6) is 0. The number of nitriles is 1. The van der Waals surface area contributed by atoms with Crippen LogP contribution >= 0.6 is 11.3 Å². The van der Waals surface area contributed by atoms with Crippen molar-refractivity contribution in [1.82, 2.24) is 5.32 Å². The molecule has 0 spiro atoms. The monoisotopic (exact) mass is 224 g/mol. The molecule has 15 heavy (non-hydrogen) atoms. The van der Waals surface area contributed by atoms with Crippen molar-refractivity contribution in [2.75, 3.05) is 6.61 Å². The summed E-state index contributed by atoms with van der Waals surface area (Å²) in [6, 6.07) is 6.24. The molecule has 2 unspecified atom stereocenters. The van der Waals surface area contributed by atoms with Crippen molar-refractivity contribution >= 4 is 11.3 Å². The second kappa shape index (κ2) is 5.86. The Bertz CT molecular complexity index is 339. The lowest BCUT2D eigenvalue weighted by Gasteiger charge is -2.19. The van der Waals surface area contributed by atoms with Gasteiger partial charge in [-0.3, -0.25) is 0 Å². The van der Waals surface area contributed by atoms with Gasteiger partial charge in [0.1, 0.15) is 10.9 Å². The molecule has 0 radical (unpaired) electrons. The van der Waals surface area contributed by atoms with E-state index in [2.05, 4.69) is 11.4 Å². The molecule has 1 rings (SSSR count). The van der Waals surface area contributed by atoms with Crippen LogP contribution in [0.1, 0.15) is 36.1 Å². The molecule has 4 heteroatoms. The average molecular weight is 224 g/mol. The Morgan fingerprint density at radius 2 is 2.33 bits per heavy atom. The van der Waals surface area contributed by atoms with Gasteiger partial charge in [0.2, 0.25) is 0 Å². The van der Waals surface area contributed by atoms with Gasteiger partial charge in [0, 0.05) is 17.0 Å². The fourth-order valence-corrected chi connectivity index (χ4v) is 2.20. The zero-order chi connectivity index (χ0) is 11.3. The van der Waals surface area contributed by atoms with Crippen LogP contribution in [0, 0.1) is 11.3 Å². The van der Waals surface area contributed by atoms with Gasteiger partial charge < -0.3 is 10.4 Å². The molecule has 0 saturated carbocycles. The molecule has 2 atom stereocenters. The molecule has 0 aromatic carbocycles. The lowest BCUT2D eigenvalue weighted by atomic mass is 10.2. The van der Waals surface area contributed by atoms with Gasteiger partial charge in [0.25, 0.3) is 0 Å². The third kappa shape index (κ3) is 3.31. The largest absolute Gasteiger partial charge is 0.395 e. The number of nitrogens with zero attached hydrogens (tertiary/aromatic N) is 1. The van der Waals surface area contributed by atoms with E-state index in [1.54, 1.807) is 0 Å². The van der Waals surface area contributed by atoms with Crippen LogP contribution in [-0.4, -0.2) is 17.8 Å². The quantitative estimate of drug-likeness (QED) is 0.804. The fraction of sp³-hybridized carbons (Fsp3) is 0.545. The highest BCUT2D eigenvalue weighted by Crippen LogP contribution is 2.22. The first kappa shape index (κ1) is 12.2. The van der Waals surface area contributed by atoms with Crippen LogP contribution in [0.4, 0.5) is 0 Å². The van der Waals surface area contributed by atoms with Crippen molar-refractivity contribution in [3.05, 3.63) is 21.9 Å². The summed E-state index contributed by atoms with van der Waals surface area (Å²) in [7, 11) is 0. The van der Waals surface area contributed by atoms with Gasteiger partial charge in [-0.2, -0.15) is 5.26 Å². The Hall–Kier alpha value is -0.890. The maximum Gasteiger partial charge on any atom is 0.110 e. The predicted octanol–water partition coefficient (Wildman–Crippen LogP) is 2.04. The molecule has 82 valence electrons. The van der Waals surface area contributed by atoms with E-state index in [1.165, 1.54) is 11.3 Å². The minimum atomic E-state index is 0.132. The van der Waals surface area contributed by atoms with Crippen molar-refractivity contribution in [1.29, 1.82) is 5.26 Å². The minimum Gasteiger partial charge on any atom is -0.395 e. The van der Waals surface area contributed by atoms with Crippen molar-refractivity contribution < 1.29 is 5.11 Å². The zero-order valence-corrected chi connectivity index (χ0v) is 9.84. The standard InChI is InChI=1S/C11H16N2OS/c1-3-9(7-14)13-8(2)11-5-4-10(6-12)15-11/h4-5,8-9,13-14H,3,7H2,1-2H3. The third-order valence-corrected chi connectivity index (χ3v) is 3.54. The van der Waals surface area contributed by atoms with E-state index in [1.807, 2.05) is 26.0 Å². The van der Waals surface area contributed by atoms with Crippen molar-refractivity contribution in [2.45, 2.75) is 32.4 Å². The second-order valence-electron chi connectivity index (χ2n) is 3.49. The van der Waals surface area contributed by atoms with E-state index < -0.39 is 0 Å². The molecular formula is C11H16N2OS. The summed E-state index contributed by atoms with van der Waals surface area (Å²) < 4.78 is 0. The lowest BCUT2D eigenvalue weighted by Crippen LogP contribution is -2.33. The summed E-state index contributed by atoms with van der Waals surface area (Å²) in [5.41, 5.74) is 0. The number of nitrogens with one attached hydrogen (secondary N) is 1. The highest BCUT2D eigenvalue weighted by molar-refractivity contribution is 7.12. The molecule has 0 bridgehead atoms. The van der Waals surface area contributed by atoms with E-state index in [0.29, 0.717) is 0 Å². The van der Waals surface area contributed by atoms with Gasteiger partial charge in [-0.25, -0.2) is 0 Å². The fourth-order valence-electron chi connectivity index (χ4n) is 1.38. The SMILES string of the molecule is CCC(CO)NC(C)c1ccc(C#N)s1. The molecule has 1 aromatic rings. The minimum absolute atomic E-state index is 0.132. The molecule has 0 aliphatic carbocycles. The van der Waals surface area contributed by atoms with Crippen LogP contribution in [-0.2, 0) is 0 Å². The van der Waals surface area contributed by atoms with Crippen LogP contribution in [0.5, 0.6) is 0 Å². The predicted molar refractivity (Wildman–Crippen MR) is 61.7 cm³/mol. The second-order valence-corrected chi connectivity index (χ2v) is 4.61. The van der Waals surface area contributed by atoms with Gasteiger partial charge in [-0.15, -0.1) is 11.3 Å². The topological polar surface area (TPSA) is 56.0 Å². The van der Waals surface area contributed by atoms with Crippen molar-refractivity contribution in [2.24, 2.45) is 0 Å². The van der Waals surface area contributed by atoms with Crippen LogP contribution < -0.4 is 5.32 Å². The molecule has 0 fully saturated rings. The lowest BCUT2D eigenvalue weighted by molar-refractivity contribution is 0.230. The summed E-state index contributed by atoms with van der Waals surface area (Å²) in [5, 5.41) is 21.1. The van der Waals surface area contributed by atoms with Crippen LogP contribution in [0.2, 0.25) is 0 Å². The average Bonchev–Trinajstić information content (AvgIpc) is 2.74. The Kier molecular flexibility index (Phi) is 4.76. The first-order valence-electron chi connectivity index (χ1n) is 5.08. The molecule has 0 saturated heterocycles. The van der Waals surface area contributed by atoms with E-state index in [-0.39, 0.29) is 18.7 Å². The molecule has 1 heterocycles. The molecular weight excluding hydrogens is 208 g/mol. The van der Waals surface area contributed by atoms with Gasteiger partial charge in [-0.05, 0) is 25.5 Å². The smallest absolute Gasteiger partial charge is 0.110 e. The number of hydrogen-bond acceptors (Lipinski definition) is 4. The Labute approximate surface area is 94.4 Å². The molecule has 0 aliphatic rings. The van der Waals surface area contributed by atoms with Gasteiger partial charge >= 0.3 is 0 Å². The number of thiophene rings is 1. The summed E-state index contributed by atoms with van der Waals surface area (Å²) >= 11 is 1.50. The van der Waals surface area contributed by atoms with Gasteiger partial charge in [0.15, 0.2) is 0 Å². The van der Waals surface area contributed by atoms with Crippen LogP contribution in [0.15, 0.2) is 12.1 Å². The number of aliphatic hydroxyl groups excluding tert-OH is 1. The maximum absolute atomic E-state index is 9.06. The van der Waals surface area contributed by atoms with E-state index in [0.717, 1.165) is 16.2 Å². The highest BCUT2D eigenvalue weighted by Gasteiger charge is 2.12. The number of aliphatic hydroxyl groups is 1. The molecule has 2 N–H and O–H groups in total. The third-order valence-electron chi connectivity index (χ3n) is 2.36. The van der Waals surface area contributed by atoms with Gasteiger partial charge in [-0.1, -0.05) is 6.92 Å². The molecule has 1 aromatic heterocycles. The number of hydrogen-bond donors (Lipinski definition) is 2. The van der Waals surface area contributed by atoms with Crippen LogP contribution in [0.3, 0.4) is 0 Å². The molecule has 3 nitrogen and oxygen atoms in total. The summed E-state index contributed by atoms with van der Waals surface area (Å²) in [4.78, 5) is 1.87. The maximum atomic E-state index is 9.06. The normalized spacial score (nSPS) is 14.5. The Balaban J connectivity index is 2.60.